The standard InChI is InChI=1S/C15H17N3O4S/c19-13(18-7-5-10(6-8-18)15(20)21)4-3-12-16-14(17-22-12)11-2-1-9-23-11/h1-2,9-10H,3-8H2,(H,20,21). The number of carbonyl (C=O) groups is 2. The average Bonchev–Trinajstić information content (AvgIpc) is 3.23. The van der Waals surface area contributed by atoms with Crippen molar-refractivity contribution in [2.75, 3.05) is 13.1 Å². The molecule has 0 unspecified atom stereocenters. The van der Waals surface area contributed by atoms with Crippen LogP contribution in [0.1, 0.15) is 25.2 Å². The molecular weight excluding hydrogens is 318 g/mol. The number of hydrogen-bond acceptors (Lipinski definition) is 6. The highest BCUT2D eigenvalue weighted by atomic mass is 32.1. The topological polar surface area (TPSA) is 96.5 Å². The highest BCUT2D eigenvalue weighted by molar-refractivity contribution is 7.13. The van der Waals surface area contributed by atoms with Crippen molar-refractivity contribution in [2.24, 2.45) is 5.92 Å². The van der Waals surface area contributed by atoms with Gasteiger partial charge in [-0.05, 0) is 24.3 Å². The van der Waals surface area contributed by atoms with Crippen molar-refractivity contribution in [1.82, 2.24) is 15.0 Å². The molecule has 1 fully saturated rings. The summed E-state index contributed by atoms with van der Waals surface area (Å²) in [5.74, 6) is -0.107. The lowest BCUT2D eigenvalue weighted by molar-refractivity contribution is -0.145. The quantitative estimate of drug-likeness (QED) is 0.898. The van der Waals surface area contributed by atoms with Crippen molar-refractivity contribution in [1.29, 1.82) is 0 Å². The van der Waals surface area contributed by atoms with Crippen LogP contribution in [0.15, 0.2) is 22.0 Å². The number of aliphatic carboxylic acids is 1. The molecule has 1 N–H and O–H groups in total. The summed E-state index contributed by atoms with van der Waals surface area (Å²) in [6.07, 6.45) is 1.73. The van der Waals surface area contributed by atoms with Crippen LogP contribution in [0.3, 0.4) is 0 Å². The van der Waals surface area contributed by atoms with E-state index in [1.54, 1.807) is 4.90 Å². The van der Waals surface area contributed by atoms with Gasteiger partial charge >= 0.3 is 5.97 Å². The fraction of sp³-hybridized carbons (Fsp3) is 0.467. The Labute approximate surface area is 136 Å². The van der Waals surface area contributed by atoms with Crippen LogP contribution in [0.25, 0.3) is 10.7 Å². The molecule has 2 aromatic rings. The number of carbonyl (C=O) groups excluding carboxylic acids is 1. The summed E-state index contributed by atoms with van der Waals surface area (Å²) in [5, 5.41) is 14.8. The van der Waals surface area contributed by atoms with Gasteiger partial charge in [0.15, 0.2) is 0 Å². The number of amides is 1. The van der Waals surface area contributed by atoms with Crippen LogP contribution < -0.4 is 0 Å². The van der Waals surface area contributed by atoms with Gasteiger partial charge in [-0.1, -0.05) is 11.2 Å². The maximum absolute atomic E-state index is 12.2. The van der Waals surface area contributed by atoms with Gasteiger partial charge in [-0.2, -0.15) is 4.98 Å². The maximum Gasteiger partial charge on any atom is 0.306 e. The third-order valence-electron chi connectivity index (χ3n) is 3.96. The van der Waals surface area contributed by atoms with Crippen LogP contribution >= 0.6 is 11.3 Å². The van der Waals surface area contributed by atoms with Crippen LogP contribution in [0.2, 0.25) is 0 Å². The largest absolute Gasteiger partial charge is 0.481 e. The molecule has 23 heavy (non-hydrogen) atoms. The predicted molar refractivity (Wildman–Crippen MR) is 82.9 cm³/mol. The van der Waals surface area contributed by atoms with E-state index >= 15 is 0 Å². The van der Waals surface area contributed by atoms with Crippen LogP contribution in [-0.2, 0) is 16.0 Å². The van der Waals surface area contributed by atoms with E-state index in [2.05, 4.69) is 10.1 Å². The fourth-order valence-electron chi connectivity index (χ4n) is 2.61. The van der Waals surface area contributed by atoms with E-state index in [1.807, 2.05) is 17.5 Å². The normalized spacial score (nSPS) is 15.7. The van der Waals surface area contributed by atoms with E-state index in [0.29, 0.717) is 50.5 Å². The Kier molecular flexibility index (Phi) is 4.71. The molecular formula is C15H17N3O4S. The Morgan fingerprint density at radius 2 is 2.17 bits per heavy atom. The molecule has 0 atom stereocenters. The second-order valence-corrected chi connectivity index (χ2v) is 6.43. The number of rotatable bonds is 5. The molecule has 0 spiro atoms. The number of likely N-dealkylation sites (tertiary alicyclic amines) is 1. The first-order valence-electron chi connectivity index (χ1n) is 7.50. The Bertz CT molecular complexity index is 675. The van der Waals surface area contributed by atoms with Gasteiger partial charge in [-0.25, -0.2) is 0 Å². The first-order valence-corrected chi connectivity index (χ1v) is 8.38. The number of aryl methyl sites for hydroxylation is 1. The minimum absolute atomic E-state index is 0.00436. The minimum atomic E-state index is -0.774. The van der Waals surface area contributed by atoms with E-state index in [1.165, 1.54) is 11.3 Å². The summed E-state index contributed by atoms with van der Waals surface area (Å²) in [5.41, 5.74) is 0. The molecule has 0 aliphatic carbocycles. The fourth-order valence-corrected chi connectivity index (χ4v) is 3.26. The van der Waals surface area contributed by atoms with Gasteiger partial charge in [0.2, 0.25) is 17.6 Å². The summed E-state index contributed by atoms with van der Waals surface area (Å²) in [4.78, 5) is 30.0. The van der Waals surface area contributed by atoms with Crippen molar-refractivity contribution in [2.45, 2.75) is 25.7 Å². The number of hydrogen-bond donors (Lipinski definition) is 1. The summed E-state index contributed by atoms with van der Waals surface area (Å²) in [7, 11) is 0. The van der Waals surface area contributed by atoms with Crippen LogP contribution in [0, 0.1) is 5.92 Å². The van der Waals surface area contributed by atoms with Crippen molar-refractivity contribution < 1.29 is 19.2 Å². The first kappa shape index (κ1) is 15.7. The lowest BCUT2D eigenvalue weighted by Crippen LogP contribution is -2.40. The maximum atomic E-state index is 12.2. The molecule has 8 heteroatoms. The highest BCUT2D eigenvalue weighted by Crippen LogP contribution is 2.22. The molecule has 0 bridgehead atoms. The zero-order valence-electron chi connectivity index (χ0n) is 12.5. The van der Waals surface area contributed by atoms with E-state index in [0.717, 1.165) is 4.88 Å². The third kappa shape index (κ3) is 3.76. The molecule has 2 aromatic heterocycles. The summed E-state index contributed by atoms with van der Waals surface area (Å²) in [6.45, 7) is 1.00. The van der Waals surface area contributed by atoms with Gasteiger partial charge in [0, 0.05) is 25.9 Å². The van der Waals surface area contributed by atoms with Gasteiger partial charge in [0.1, 0.15) is 0 Å². The van der Waals surface area contributed by atoms with Gasteiger partial charge in [0.05, 0.1) is 10.8 Å². The van der Waals surface area contributed by atoms with Gasteiger partial charge in [-0.15, -0.1) is 11.3 Å². The number of thiophene rings is 1. The van der Waals surface area contributed by atoms with Crippen molar-refractivity contribution in [3.63, 3.8) is 0 Å². The summed E-state index contributed by atoms with van der Waals surface area (Å²) < 4.78 is 5.17. The van der Waals surface area contributed by atoms with Gasteiger partial charge in [-0.3, -0.25) is 9.59 Å². The lowest BCUT2D eigenvalue weighted by Gasteiger charge is -2.30. The molecule has 0 saturated carbocycles. The molecule has 1 aliphatic rings. The Morgan fingerprint density at radius 1 is 1.39 bits per heavy atom. The predicted octanol–water partition coefficient (Wildman–Crippen LogP) is 2.05. The summed E-state index contributed by atoms with van der Waals surface area (Å²) >= 11 is 1.53. The van der Waals surface area contributed by atoms with Crippen molar-refractivity contribution in [3.05, 3.63) is 23.4 Å². The second kappa shape index (κ2) is 6.91. The lowest BCUT2D eigenvalue weighted by atomic mass is 9.97. The Hall–Kier alpha value is -2.22. The smallest absolute Gasteiger partial charge is 0.306 e. The SMILES string of the molecule is O=C(O)C1CCN(C(=O)CCc2nc(-c3cccs3)no2)CC1. The molecule has 3 rings (SSSR count). The molecule has 1 saturated heterocycles. The molecule has 0 radical (unpaired) electrons. The highest BCUT2D eigenvalue weighted by Gasteiger charge is 2.27. The minimum Gasteiger partial charge on any atom is -0.481 e. The van der Waals surface area contributed by atoms with Gasteiger partial charge < -0.3 is 14.5 Å². The zero-order chi connectivity index (χ0) is 16.2. The molecule has 122 valence electrons. The average molecular weight is 335 g/mol. The van der Waals surface area contributed by atoms with E-state index in [-0.39, 0.29) is 11.8 Å². The number of nitrogens with zero attached hydrogens (tertiary/aromatic N) is 3. The second-order valence-electron chi connectivity index (χ2n) is 5.48. The molecule has 1 amide bonds. The van der Waals surface area contributed by atoms with Crippen molar-refractivity contribution in [3.8, 4) is 10.7 Å². The molecule has 7 nitrogen and oxygen atoms in total. The van der Waals surface area contributed by atoms with Crippen molar-refractivity contribution >= 4 is 23.2 Å². The molecule has 1 aliphatic heterocycles. The van der Waals surface area contributed by atoms with Crippen LogP contribution in [0.4, 0.5) is 0 Å². The third-order valence-corrected chi connectivity index (χ3v) is 4.83. The van der Waals surface area contributed by atoms with Crippen LogP contribution in [-0.4, -0.2) is 45.1 Å². The van der Waals surface area contributed by atoms with E-state index in [4.69, 9.17) is 9.63 Å². The Morgan fingerprint density at radius 3 is 2.83 bits per heavy atom. The van der Waals surface area contributed by atoms with E-state index in [9.17, 15) is 9.59 Å². The van der Waals surface area contributed by atoms with Crippen LogP contribution in [0.5, 0.6) is 0 Å². The van der Waals surface area contributed by atoms with Gasteiger partial charge in [0.25, 0.3) is 0 Å². The number of carboxylic acid groups (broad SMARTS) is 1. The molecule has 3 heterocycles. The Balaban J connectivity index is 1.49. The van der Waals surface area contributed by atoms with E-state index < -0.39 is 5.97 Å². The molecule has 0 aromatic carbocycles. The number of piperidine rings is 1. The number of aromatic nitrogens is 2. The monoisotopic (exact) mass is 335 g/mol. The zero-order valence-corrected chi connectivity index (χ0v) is 13.3. The summed E-state index contributed by atoms with van der Waals surface area (Å²) in [6, 6.07) is 3.83. The number of carboxylic acids is 1. The first-order chi connectivity index (χ1) is 11.1.